The van der Waals surface area contributed by atoms with Gasteiger partial charge in [-0.15, -0.1) is 0 Å². The molecule has 0 spiro atoms. The van der Waals surface area contributed by atoms with Crippen LogP contribution in [-0.2, 0) is 6.42 Å². The average Bonchev–Trinajstić information content (AvgIpc) is 3.71. The van der Waals surface area contributed by atoms with Crippen LogP contribution in [0.4, 0.5) is 0 Å². The molecule has 1 aliphatic rings. The fourth-order valence-corrected chi connectivity index (χ4v) is 8.04. The van der Waals surface area contributed by atoms with E-state index in [2.05, 4.69) is 191 Å². The molecule has 9 aromatic rings. The molecule has 7 aromatic carbocycles. The minimum absolute atomic E-state index is 1.03. The molecule has 10 rings (SSSR count). The van der Waals surface area contributed by atoms with Crippen LogP contribution in [-0.4, -0.2) is 9.13 Å². The molecular formula is C48H34N2. The second kappa shape index (κ2) is 11.6. The molecule has 0 aliphatic heterocycles. The molecule has 2 heteroatoms. The molecule has 2 aromatic heterocycles. The van der Waals surface area contributed by atoms with Crippen molar-refractivity contribution in [2.45, 2.75) is 12.8 Å². The second-order valence-corrected chi connectivity index (χ2v) is 13.3. The third kappa shape index (κ3) is 4.64. The normalized spacial score (nSPS) is 12.6. The van der Waals surface area contributed by atoms with Gasteiger partial charge in [-0.2, -0.15) is 0 Å². The first-order valence-corrected chi connectivity index (χ1v) is 17.5. The van der Waals surface area contributed by atoms with E-state index in [4.69, 9.17) is 0 Å². The topological polar surface area (TPSA) is 9.86 Å². The van der Waals surface area contributed by atoms with Gasteiger partial charge in [0, 0.05) is 38.8 Å². The number of hydrogen-bond donors (Lipinski definition) is 0. The van der Waals surface area contributed by atoms with Crippen molar-refractivity contribution >= 4 is 38.8 Å². The van der Waals surface area contributed by atoms with Crippen LogP contribution in [0.25, 0.3) is 83.5 Å². The van der Waals surface area contributed by atoms with Crippen LogP contribution in [0.2, 0.25) is 0 Å². The van der Waals surface area contributed by atoms with Gasteiger partial charge in [-0.05, 0) is 101 Å². The number of allylic oxidation sites excluding steroid dienone is 1. The van der Waals surface area contributed by atoms with Crippen LogP contribution in [0.1, 0.15) is 17.7 Å². The summed E-state index contributed by atoms with van der Waals surface area (Å²) in [6.07, 6.45) is 6.75. The summed E-state index contributed by atoms with van der Waals surface area (Å²) in [5.41, 5.74) is 16.2. The first-order valence-electron chi connectivity index (χ1n) is 17.5. The monoisotopic (exact) mass is 638 g/mol. The lowest BCUT2D eigenvalue weighted by atomic mass is 9.98. The largest absolute Gasteiger partial charge is 0.313 e. The summed E-state index contributed by atoms with van der Waals surface area (Å²) in [5, 5.41) is 3.83. The Hall–Kier alpha value is -6.38. The zero-order chi connectivity index (χ0) is 33.0. The highest BCUT2D eigenvalue weighted by Gasteiger charge is 2.20. The lowest BCUT2D eigenvalue weighted by Gasteiger charge is -2.14. The molecule has 0 fully saturated rings. The standard InChI is InChI=1S/C48H34N2/c1-3-13-33(14-4-1)35-17-11-19-39(29-35)49-45-23-9-7-21-41(45)43-31-37(25-27-47(43)49)38-26-28-48-44(32-38)42-22-8-10-24-46(42)50(48)40-20-12-18-36(30-40)34-15-5-2-6-16-34/h1-9,11-23,25-32H,10,24H2. The van der Waals surface area contributed by atoms with Gasteiger partial charge in [-0.1, -0.05) is 127 Å². The molecule has 0 radical (unpaired) electrons. The highest BCUT2D eigenvalue weighted by atomic mass is 15.0. The fraction of sp³-hybridized carbons (Fsp3) is 0.0417. The molecule has 0 saturated heterocycles. The fourth-order valence-electron chi connectivity index (χ4n) is 8.04. The van der Waals surface area contributed by atoms with E-state index in [0.717, 1.165) is 12.8 Å². The van der Waals surface area contributed by atoms with Crippen molar-refractivity contribution in [1.82, 2.24) is 9.13 Å². The van der Waals surface area contributed by atoms with E-state index in [-0.39, 0.29) is 0 Å². The molecule has 2 heterocycles. The number of hydrogen-bond acceptors (Lipinski definition) is 0. The van der Waals surface area contributed by atoms with E-state index in [1.54, 1.807) is 0 Å². The van der Waals surface area contributed by atoms with Gasteiger partial charge in [0.15, 0.2) is 0 Å². The summed E-state index contributed by atoms with van der Waals surface area (Å²) in [7, 11) is 0. The summed E-state index contributed by atoms with van der Waals surface area (Å²) in [5.74, 6) is 0. The number of aromatic nitrogens is 2. The minimum Gasteiger partial charge on any atom is -0.313 e. The zero-order valence-electron chi connectivity index (χ0n) is 27.6. The third-order valence-corrected chi connectivity index (χ3v) is 10.4. The molecule has 0 N–H and O–H groups in total. The van der Waals surface area contributed by atoms with Crippen LogP contribution in [0.15, 0.2) is 176 Å². The van der Waals surface area contributed by atoms with Gasteiger partial charge >= 0.3 is 0 Å². The molecule has 236 valence electrons. The molecular weight excluding hydrogens is 605 g/mol. The summed E-state index contributed by atoms with van der Waals surface area (Å²) in [6.45, 7) is 0. The van der Waals surface area contributed by atoms with E-state index in [1.807, 2.05) is 0 Å². The van der Waals surface area contributed by atoms with Gasteiger partial charge in [-0.25, -0.2) is 0 Å². The van der Waals surface area contributed by atoms with Crippen LogP contribution in [0, 0.1) is 0 Å². The highest BCUT2D eigenvalue weighted by molar-refractivity contribution is 6.11. The molecule has 0 saturated carbocycles. The predicted octanol–water partition coefficient (Wildman–Crippen LogP) is 12.7. The van der Waals surface area contributed by atoms with Crippen molar-refractivity contribution < 1.29 is 0 Å². The number of rotatable bonds is 5. The number of fused-ring (bicyclic) bond motifs is 6. The van der Waals surface area contributed by atoms with Crippen molar-refractivity contribution in [3.05, 3.63) is 187 Å². The molecule has 0 unspecified atom stereocenters. The van der Waals surface area contributed by atoms with Gasteiger partial charge in [-0.3, -0.25) is 0 Å². The van der Waals surface area contributed by atoms with E-state index in [9.17, 15) is 0 Å². The number of nitrogens with zero attached hydrogens (tertiary/aromatic N) is 2. The Morgan fingerprint density at radius 1 is 0.360 bits per heavy atom. The predicted molar refractivity (Wildman–Crippen MR) is 211 cm³/mol. The lowest BCUT2D eigenvalue weighted by molar-refractivity contribution is 0.889. The van der Waals surface area contributed by atoms with Gasteiger partial charge in [0.2, 0.25) is 0 Å². The molecule has 0 amide bonds. The third-order valence-electron chi connectivity index (χ3n) is 10.4. The molecule has 0 bridgehead atoms. The minimum atomic E-state index is 1.03. The van der Waals surface area contributed by atoms with Crippen molar-refractivity contribution in [3.8, 4) is 44.8 Å². The Labute approximate surface area is 291 Å². The SMILES string of the molecule is C1=Cc2c(n(-c3cccc(-c4ccccc4)c3)c3ccc(-c4ccc5c(c4)c4ccccc4n5-c4cccc(-c5ccccc5)c4)cc23)CC1. The Kier molecular flexibility index (Phi) is 6.67. The van der Waals surface area contributed by atoms with Crippen LogP contribution < -0.4 is 0 Å². The Morgan fingerprint density at radius 2 is 0.880 bits per heavy atom. The number of para-hydroxylation sites is 1. The van der Waals surface area contributed by atoms with Crippen molar-refractivity contribution in [2.24, 2.45) is 0 Å². The van der Waals surface area contributed by atoms with Gasteiger partial charge in [0.25, 0.3) is 0 Å². The number of benzene rings is 7. The smallest absolute Gasteiger partial charge is 0.0541 e. The molecule has 2 nitrogen and oxygen atoms in total. The molecule has 1 aliphatic carbocycles. The second-order valence-electron chi connectivity index (χ2n) is 13.3. The quantitative estimate of drug-likeness (QED) is 0.178. The van der Waals surface area contributed by atoms with Gasteiger partial charge in [0.1, 0.15) is 0 Å². The van der Waals surface area contributed by atoms with E-state index in [1.165, 1.54) is 88.7 Å². The Bertz CT molecular complexity index is 2740. The van der Waals surface area contributed by atoms with Crippen molar-refractivity contribution in [1.29, 1.82) is 0 Å². The maximum absolute atomic E-state index is 2.49. The molecule has 0 atom stereocenters. The summed E-state index contributed by atoms with van der Waals surface area (Å²) in [4.78, 5) is 0. The van der Waals surface area contributed by atoms with Crippen molar-refractivity contribution in [3.63, 3.8) is 0 Å². The maximum Gasteiger partial charge on any atom is 0.0541 e. The van der Waals surface area contributed by atoms with Crippen LogP contribution in [0.5, 0.6) is 0 Å². The van der Waals surface area contributed by atoms with Crippen LogP contribution >= 0.6 is 0 Å². The lowest BCUT2D eigenvalue weighted by Crippen LogP contribution is -2.03. The Morgan fingerprint density at radius 3 is 1.56 bits per heavy atom. The van der Waals surface area contributed by atoms with E-state index < -0.39 is 0 Å². The van der Waals surface area contributed by atoms with Gasteiger partial charge in [0.05, 0.1) is 16.6 Å². The average molecular weight is 639 g/mol. The molecule has 50 heavy (non-hydrogen) atoms. The first-order chi connectivity index (χ1) is 24.8. The summed E-state index contributed by atoms with van der Waals surface area (Å²) >= 11 is 0. The first kappa shape index (κ1) is 28.6. The van der Waals surface area contributed by atoms with E-state index >= 15 is 0 Å². The highest BCUT2D eigenvalue weighted by Crippen LogP contribution is 2.39. The maximum atomic E-state index is 2.49. The Balaban J connectivity index is 1.11. The summed E-state index contributed by atoms with van der Waals surface area (Å²) in [6, 6.07) is 62.0. The summed E-state index contributed by atoms with van der Waals surface area (Å²) < 4.78 is 4.90. The van der Waals surface area contributed by atoms with Crippen LogP contribution in [0.3, 0.4) is 0 Å². The van der Waals surface area contributed by atoms with E-state index in [0.29, 0.717) is 0 Å². The van der Waals surface area contributed by atoms with Crippen molar-refractivity contribution in [2.75, 3.05) is 0 Å². The zero-order valence-corrected chi connectivity index (χ0v) is 27.6. The van der Waals surface area contributed by atoms with Gasteiger partial charge < -0.3 is 9.13 Å².